The number of rotatable bonds is 4. The number of fused-ring (bicyclic) bond motifs is 1. The molecule has 0 saturated heterocycles. The Balaban J connectivity index is 0.000000362. The quantitative estimate of drug-likeness (QED) is 0.469. The molecule has 2 aromatic rings. The zero-order chi connectivity index (χ0) is 27.0. The SMILES string of the molecule is COc1ccc(Cl)c(C[NH2+]c2ncnc3c2C[NH2+]C3)c1F.O=C([O-])C(F)(F)F.O=C([O-])C(F)(F)F. The van der Waals surface area contributed by atoms with E-state index < -0.39 is 30.1 Å². The summed E-state index contributed by atoms with van der Waals surface area (Å²) in [5.41, 5.74) is 2.59. The standard InChI is InChI=1S/C14H14ClFN4O.2C2HF3O2/c1-21-12-3-2-10(15)8(13(12)16)5-18-14-9-4-17-6-11(9)19-7-20-14;2*3-2(4,5)1(6)7/h2-3,7,17H,4-6H2,1H3,(H,18,19,20);2*(H,6,7). The molecule has 194 valence electrons. The lowest BCUT2D eigenvalue weighted by Crippen LogP contribution is -2.79. The number of carbonyl (C=O) groups excluding carboxylic acids is 2. The Kier molecular flexibility index (Phi) is 10.6. The van der Waals surface area contributed by atoms with Crippen molar-refractivity contribution in [3.05, 3.63) is 46.1 Å². The molecule has 0 unspecified atom stereocenters. The van der Waals surface area contributed by atoms with Crippen LogP contribution < -0.4 is 25.6 Å². The minimum atomic E-state index is -5.19. The van der Waals surface area contributed by atoms with E-state index >= 15 is 0 Å². The molecule has 9 nitrogen and oxygen atoms in total. The average molecular weight is 537 g/mol. The minimum Gasteiger partial charge on any atom is -0.542 e. The molecular formula is C18H16ClF7N4O5. The Labute approximate surface area is 196 Å². The van der Waals surface area contributed by atoms with E-state index in [1.165, 1.54) is 13.2 Å². The van der Waals surface area contributed by atoms with Crippen molar-refractivity contribution < 1.29 is 65.9 Å². The third-order valence-corrected chi connectivity index (χ3v) is 4.44. The van der Waals surface area contributed by atoms with Gasteiger partial charge in [-0.1, -0.05) is 11.6 Å². The van der Waals surface area contributed by atoms with Gasteiger partial charge in [0.15, 0.2) is 11.6 Å². The molecule has 1 aromatic carbocycles. The lowest BCUT2D eigenvalue weighted by molar-refractivity contribution is -0.677. The maximum atomic E-state index is 14.2. The smallest absolute Gasteiger partial charge is 0.430 e. The number of ether oxygens (including phenoxy) is 1. The fraction of sp³-hybridized carbons (Fsp3) is 0.333. The van der Waals surface area contributed by atoms with Gasteiger partial charge in [-0.05, 0) is 12.1 Å². The van der Waals surface area contributed by atoms with Crippen LogP contribution in [0.2, 0.25) is 5.02 Å². The number of hydrogen-bond acceptors (Lipinski definition) is 7. The number of aliphatic carboxylic acids is 2. The van der Waals surface area contributed by atoms with E-state index in [2.05, 4.69) is 15.3 Å². The molecule has 35 heavy (non-hydrogen) atoms. The van der Waals surface area contributed by atoms with Crippen molar-refractivity contribution in [1.29, 1.82) is 0 Å². The van der Waals surface area contributed by atoms with Crippen LogP contribution in [-0.4, -0.2) is 41.4 Å². The lowest BCUT2D eigenvalue weighted by Gasteiger charge is -2.09. The zero-order valence-electron chi connectivity index (χ0n) is 17.5. The number of nitrogens with zero attached hydrogens (tertiary/aromatic N) is 2. The van der Waals surface area contributed by atoms with Crippen molar-refractivity contribution in [2.75, 3.05) is 7.11 Å². The van der Waals surface area contributed by atoms with E-state index in [1.54, 1.807) is 12.4 Å². The van der Waals surface area contributed by atoms with Gasteiger partial charge in [-0.25, -0.2) is 9.37 Å². The maximum Gasteiger partial charge on any atom is 0.430 e. The fourth-order valence-corrected chi connectivity index (χ4v) is 2.73. The van der Waals surface area contributed by atoms with Gasteiger partial charge in [-0.3, -0.25) is 5.32 Å². The minimum absolute atomic E-state index is 0.198. The molecule has 1 aliphatic heterocycles. The highest BCUT2D eigenvalue weighted by Gasteiger charge is 2.29. The number of methoxy groups -OCH3 is 1. The zero-order valence-corrected chi connectivity index (χ0v) is 18.2. The fourth-order valence-electron chi connectivity index (χ4n) is 2.51. The molecular weight excluding hydrogens is 521 g/mol. The maximum absolute atomic E-state index is 14.2. The second kappa shape index (κ2) is 12.5. The number of alkyl halides is 6. The van der Waals surface area contributed by atoms with E-state index in [9.17, 15) is 30.7 Å². The van der Waals surface area contributed by atoms with Crippen molar-refractivity contribution in [3.8, 4) is 5.75 Å². The topological polar surface area (TPSA) is 148 Å². The van der Waals surface area contributed by atoms with E-state index in [4.69, 9.17) is 36.1 Å². The van der Waals surface area contributed by atoms with E-state index in [-0.39, 0.29) is 5.75 Å². The van der Waals surface area contributed by atoms with Crippen LogP contribution in [0.3, 0.4) is 0 Å². The van der Waals surface area contributed by atoms with Gasteiger partial charge < -0.3 is 29.9 Å². The normalized spacial score (nSPS) is 12.5. The van der Waals surface area contributed by atoms with Crippen LogP contribution in [0.15, 0.2) is 18.5 Å². The van der Waals surface area contributed by atoms with Gasteiger partial charge in [0.25, 0.3) is 0 Å². The van der Waals surface area contributed by atoms with Gasteiger partial charge in [0.1, 0.15) is 49.2 Å². The molecule has 1 aliphatic rings. The number of halogens is 8. The molecule has 0 spiro atoms. The van der Waals surface area contributed by atoms with Crippen molar-refractivity contribution in [2.45, 2.75) is 32.0 Å². The molecule has 0 saturated carbocycles. The number of quaternary nitrogens is 2. The van der Waals surface area contributed by atoms with Crippen LogP contribution in [0, 0.1) is 5.82 Å². The molecule has 0 fully saturated rings. The molecule has 1 aromatic heterocycles. The first-order valence-electron chi connectivity index (χ1n) is 9.14. The monoisotopic (exact) mass is 536 g/mol. The summed E-state index contributed by atoms with van der Waals surface area (Å²) in [6.07, 6.45) is -8.84. The molecule has 0 atom stereocenters. The van der Waals surface area contributed by atoms with Crippen molar-refractivity contribution in [2.24, 2.45) is 0 Å². The first-order valence-corrected chi connectivity index (χ1v) is 9.52. The molecule has 2 heterocycles. The molecule has 0 amide bonds. The van der Waals surface area contributed by atoms with Crippen molar-refractivity contribution >= 4 is 29.4 Å². The first kappa shape index (κ1) is 29.8. The predicted octanol–water partition coefficient (Wildman–Crippen LogP) is -1.15. The highest BCUT2D eigenvalue weighted by molar-refractivity contribution is 6.31. The highest BCUT2D eigenvalue weighted by Crippen LogP contribution is 2.26. The number of hydrogen-bond donors (Lipinski definition) is 2. The van der Waals surface area contributed by atoms with Crippen molar-refractivity contribution in [1.82, 2.24) is 9.97 Å². The van der Waals surface area contributed by atoms with Crippen LogP contribution in [0.25, 0.3) is 0 Å². The molecule has 17 heteroatoms. The number of aromatic nitrogens is 2. The highest BCUT2D eigenvalue weighted by atomic mass is 35.5. The van der Waals surface area contributed by atoms with E-state index in [0.29, 0.717) is 17.1 Å². The van der Waals surface area contributed by atoms with Gasteiger partial charge in [0.05, 0.1) is 17.7 Å². The second-order valence-corrected chi connectivity index (χ2v) is 6.81. The molecule has 0 bridgehead atoms. The average Bonchev–Trinajstić information content (AvgIpc) is 3.23. The summed E-state index contributed by atoms with van der Waals surface area (Å²) in [5, 5.41) is 22.0. The Bertz CT molecular complexity index is 1030. The number of carbonyl (C=O) groups is 2. The Morgan fingerprint density at radius 1 is 1.09 bits per heavy atom. The number of nitrogens with two attached hydrogens (primary N) is 2. The molecule has 4 N–H and O–H groups in total. The van der Waals surface area contributed by atoms with Gasteiger partial charge in [0, 0.05) is 0 Å². The summed E-state index contributed by atoms with van der Waals surface area (Å²) >= 11 is 6.09. The van der Waals surface area contributed by atoms with Gasteiger partial charge in [-0.15, -0.1) is 0 Å². The van der Waals surface area contributed by atoms with E-state index in [0.717, 1.165) is 30.2 Å². The third kappa shape index (κ3) is 9.14. The van der Waals surface area contributed by atoms with Crippen LogP contribution in [-0.2, 0) is 29.2 Å². The Morgan fingerprint density at radius 2 is 1.63 bits per heavy atom. The molecule has 0 aliphatic carbocycles. The summed E-state index contributed by atoms with van der Waals surface area (Å²) in [7, 11) is 1.44. The van der Waals surface area contributed by atoms with Crippen LogP contribution in [0.4, 0.5) is 36.6 Å². The second-order valence-electron chi connectivity index (χ2n) is 6.40. The van der Waals surface area contributed by atoms with Crippen molar-refractivity contribution in [3.63, 3.8) is 0 Å². The van der Waals surface area contributed by atoms with Gasteiger partial charge in [-0.2, -0.15) is 31.3 Å². The molecule has 3 rings (SSSR count). The summed E-state index contributed by atoms with van der Waals surface area (Å²) in [5.74, 6) is -5.38. The summed E-state index contributed by atoms with van der Waals surface area (Å²) in [4.78, 5) is 26.1. The first-order chi connectivity index (χ1) is 16.1. The number of carboxylic acids is 2. The summed E-state index contributed by atoms with van der Waals surface area (Å²) in [6.45, 7) is 2.09. The van der Waals surface area contributed by atoms with Crippen LogP contribution in [0.1, 0.15) is 16.8 Å². The third-order valence-electron chi connectivity index (χ3n) is 4.09. The largest absolute Gasteiger partial charge is 0.542 e. The van der Waals surface area contributed by atoms with E-state index in [1.807, 2.05) is 5.32 Å². The number of carboxylic acid groups (broad SMARTS) is 2. The summed E-state index contributed by atoms with van der Waals surface area (Å²) in [6, 6.07) is 3.17. The Hall–Kier alpha value is -3.24. The van der Waals surface area contributed by atoms with Gasteiger partial charge >= 0.3 is 12.4 Å². The molecule has 0 radical (unpaired) electrons. The number of benzene rings is 1. The van der Waals surface area contributed by atoms with Gasteiger partial charge in [0.2, 0.25) is 5.82 Å². The lowest BCUT2D eigenvalue weighted by atomic mass is 10.2. The Morgan fingerprint density at radius 3 is 2.11 bits per heavy atom. The van der Waals surface area contributed by atoms with Crippen LogP contribution in [0.5, 0.6) is 5.75 Å². The summed E-state index contributed by atoms with van der Waals surface area (Å²) < 4.78 is 82.3. The predicted molar refractivity (Wildman–Crippen MR) is 96.7 cm³/mol. The van der Waals surface area contributed by atoms with Crippen LogP contribution >= 0.6 is 11.6 Å².